The minimum atomic E-state index is -0.392. The minimum Gasteiger partial charge on any atom is -0.353 e. The van der Waals surface area contributed by atoms with E-state index in [1.807, 2.05) is 13.8 Å². The van der Waals surface area contributed by atoms with Gasteiger partial charge in [-0.1, -0.05) is 19.1 Å². The molecule has 1 atom stereocenters. The van der Waals surface area contributed by atoms with Crippen molar-refractivity contribution in [3.8, 4) is 0 Å². The number of rotatable bonds is 4. The molecule has 1 fully saturated rings. The average molecular weight is 235 g/mol. The van der Waals surface area contributed by atoms with E-state index in [0.717, 1.165) is 24.8 Å². The molecule has 1 unspecified atom stereocenters. The summed E-state index contributed by atoms with van der Waals surface area (Å²) in [5, 5.41) is 3.01. The molecule has 1 N–H and O–H groups in total. The summed E-state index contributed by atoms with van der Waals surface area (Å²) in [6, 6.07) is 6.48. The van der Waals surface area contributed by atoms with Crippen LogP contribution in [0.3, 0.4) is 0 Å². The van der Waals surface area contributed by atoms with Gasteiger partial charge in [0.25, 0.3) is 0 Å². The Kier molecular flexibility index (Phi) is 3.18. The van der Waals surface area contributed by atoms with Crippen LogP contribution in [0, 0.1) is 5.82 Å². The number of carbonyl (C=O) groups is 1. The predicted molar refractivity (Wildman–Crippen MR) is 65.2 cm³/mol. The van der Waals surface area contributed by atoms with Crippen LogP contribution in [-0.2, 0) is 10.2 Å². The molecule has 1 amide bonds. The van der Waals surface area contributed by atoms with Crippen molar-refractivity contribution in [2.24, 2.45) is 0 Å². The van der Waals surface area contributed by atoms with Crippen LogP contribution < -0.4 is 5.32 Å². The van der Waals surface area contributed by atoms with Crippen molar-refractivity contribution in [2.75, 3.05) is 0 Å². The highest BCUT2D eigenvalue weighted by molar-refractivity contribution is 5.91. The second kappa shape index (κ2) is 4.47. The minimum absolute atomic E-state index is 0.0819. The highest BCUT2D eigenvalue weighted by Gasteiger charge is 2.51. The van der Waals surface area contributed by atoms with Crippen molar-refractivity contribution in [3.05, 3.63) is 35.6 Å². The first-order valence-electron chi connectivity index (χ1n) is 6.15. The van der Waals surface area contributed by atoms with E-state index >= 15 is 0 Å². The molecule has 92 valence electrons. The van der Waals surface area contributed by atoms with E-state index in [9.17, 15) is 9.18 Å². The van der Waals surface area contributed by atoms with E-state index in [1.54, 1.807) is 12.1 Å². The van der Waals surface area contributed by atoms with Gasteiger partial charge in [-0.3, -0.25) is 4.79 Å². The maximum Gasteiger partial charge on any atom is 0.230 e. The molecular weight excluding hydrogens is 217 g/mol. The van der Waals surface area contributed by atoms with Crippen molar-refractivity contribution in [2.45, 2.75) is 44.6 Å². The maximum absolute atomic E-state index is 12.9. The average Bonchev–Trinajstić information content (AvgIpc) is 3.11. The number of amides is 1. The van der Waals surface area contributed by atoms with E-state index in [1.165, 1.54) is 12.1 Å². The summed E-state index contributed by atoms with van der Waals surface area (Å²) in [5.41, 5.74) is 0.539. The highest BCUT2D eigenvalue weighted by Crippen LogP contribution is 2.48. The van der Waals surface area contributed by atoms with Gasteiger partial charge in [0.1, 0.15) is 5.82 Å². The van der Waals surface area contributed by atoms with Gasteiger partial charge in [0.05, 0.1) is 5.41 Å². The maximum atomic E-state index is 12.9. The van der Waals surface area contributed by atoms with E-state index in [0.29, 0.717) is 0 Å². The standard InChI is InChI=1S/C14H18FNO/c1-3-10(2)16-13(17)14(8-9-14)11-4-6-12(15)7-5-11/h4-7,10H,3,8-9H2,1-2H3,(H,16,17). The quantitative estimate of drug-likeness (QED) is 0.854. The Hall–Kier alpha value is -1.38. The normalized spacial score (nSPS) is 18.5. The topological polar surface area (TPSA) is 29.1 Å². The summed E-state index contributed by atoms with van der Waals surface area (Å²) in [7, 11) is 0. The summed E-state index contributed by atoms with van der Waals surface area (Å²) in [6.45, 7) is 4.04. The third-order valence-corrected chi connectivity index (χ3v) is 3.57. The Morgan fingerprint density at radius 1 is 1.41 bits per heavy atom. The van der Waals surface area contributed by atoms with Crippen LogP contribution in [0.1, 0.15) is 38.7 Å². The third kappa shape index (κ3) is 2.33. The first-order valence-corrected chi connectivity index (χ1v) is 6.15. The lowest BCUT2D eigenvalue weighted by Crippen LogP contribution is -2.39. The summed E-state index contributed by atoms with van der Waals surface area (Å²) in [5.74, 6) is -0.176. The molecule has 2 rings (SSSR count). The second-order valence-electron chi connectivity index (χ2n) is 4.87. The van der Waals surface area contributed by atoms with Crippen LogP contribution >= 0.6 is 0 Å². The molecule has 1 saturated carbocycles. The molecule has 17 heavy (non-hydrogen) atoms. The number of carbonyl (C=O) groups excluding carboxylic acids is 1. The summed E-state index contributed by atoms with van der Waals surface area (Å²) in [6.07, 6.45) is 2.65. The van der Waals surface area contributed by atoms with Crippen molar-refractivity contribution < 1.29 is 9.18 Å². The fraction of sp³-hybridized carbons (Fsp3) is 0.500. The molecule has 1 aromatic rings. The largest absolute Gasteiger partial charge is 0.353 e. The van der Waals surface area contributed by atoms with Gasteiger partial charge >= 0.3 is 0 Å². The van der Waals surface area contributed by atoms with Crippen molar-refractivity contribution >= 4 is 5.91 Å². The van der Waals surface area contributed by atoms with Crippen LogP contribution in [0.4, 0.5) is 4.39 Å². The lowest BCUT2D eigenvalue weighted by molar-refractivity contribution is -0.124. The molecule has 1 aliphatic rings. The molecule has 1 aliphatic carbocycles. The van der Waals surface area contributed by atoms with Gasteiger partial charge in [-0.25, -0.2) is 4.39 Å². The SMILES string of the molecule is CCC(C)NC(=O)C1(c2ccc(F)cc2)CC1. The summed E-state index contributed by atoms with van der Waals surface area (Å²) >= 11 is 0. The fourth-order valence-corrected chi connectivity index (χ4v) is 2.00. The van der Waals surface area contributed by atoms with Gasteiger partial charge in [-0.05, 0) is 43.9 Å². The number of hydrogen-bond donors (Lipinski definition) is 1. The molecule has 0 aliphatic heterocycles. The second-order valence-corrected chi connectivity index (χ2v) is 4.87. The van der Waals surface area contributed by atoms with Crippen LogP contribution in [0.15, 0.2) is 24.3 Å². The molecule has 3 heteroatoms. The molecule has 1 aromatic carbocycles. The van der Waals surface area contributed by atoms with Gasteiger partial charge in [0.2, 0.25) is 5.91 Å². The van der Waals surface area contributed by atoms with Crippen LogP contribution in [-0.4, -0.2) is 11.9 Å². The van der Waals surface area contributed by atoms with Gasteiger partial charge in [0.15, 0.2) is 0 Å². The fourth-order valence-electron chi connectivity index (χ4n) is 2.00. The van der Waals surface area contributed by atoms with Crippen LogP contribution in [0.2, 0.25) is 0 Å². The molecule has 0 heterocycles. The molecule has 0 saturated heterocycles. The monoisotopic (exact) mass is 235 g/mol. The van der Waals surface area contributed by atoms with E-state index in [2.05, 4.69) is 5.32 Å². The Bertz CT molecular complexity index is 409. The number of hydrogen-bond acceptors (Lipinski definition) is 1. The Balaban J connectivity index is 2.14. The van der Waals surface area contributed by atoms with Crippen molar-refractivity contribution in [1.29, 1.82) is 0 Å². The Morgan fingerprint density at radius 2 is 2.00 bits per heavy atom. The zero-order valence-corrected chi connectivity index (χ0v) is 10.3. The summed E-state index contributed by atoms with van der Waals surface area (Å²) in [4.78, 5) is 12.2. The third-order valence-electron chi connectivity index (χ3n) is 3.57. The molecule has 0 radical (unpaired) electrons. The van der Waals surface area contributed by atoms with Crippen molar-refractivity contribution in [3.63, 3.8) is 0 Å². The van der Waals surface area contributed by atoms with Gasteiger partial charge in [-0.15, -0.1) is 0 Å². The molecule has 0 spiro atoms. The molecule has 0 aromatic heterocycles. The number of halogens is 1. The number of nitrogens with one attached hydrogen (secondary N) is 1. The van der Waals surface area contributed by atoms with Gasteiger partial charge in [0, 0.05) is 6.04 Å². The van der Waals surface area contributed by atoms with Crippen LogP contribution in [0.25, 0.3) is 0 Å². The van der Waals surface area contributed by atoms with Gasteiger partial charge < -0.3 is 5.32 Å². The van der Waals surface area contributed by atoms with Crippen LogP contribution in [0.5, 0.6) is 0 Å². The Morgan fingerprint density at radius 3 is 2.47 bits per heavy atom. The van der Waals surface area contributed by atoms with Crippen molar-refractivity contribution in [1.82, 2.24) is 5.32 Å². The summed E-state index contributed by atoms with van der Waals surface area (Å²) < 4.78 is 12.9. The molecule has 2 nitrogen and oxygen atoms in total. The zero-order valence-electron chi connectivity index (χ0n) is 10.3. The number of benzene rings is 1. The smallest absolute Gasteiger partial charge is 0.230 e. The lowest BCUT2D eigenvalue weighted by Gasteiger charge is -2.19. The van der Waals surface area contributed by atoms with E-state index < -0.39 is 5.41 Å². The first kappa shape index (κ1) is 12.1. The molecular formula is C14H18FNO. The van der Waals surface area contributed by atoms with E-state index in [-0.39, 0.29) is 17.8 Å². The Labute approximate surface area is 101 Å². The zero-order chi connectivity index (χ0) is 12.5. The highest BCUT2D eigenvalue weighted by atomic mass is 19.1. The van der Waals surface area contributed by atoms with E-state index in [4.69, 9.17) is 0 Å². The van der Waals surface area contributed by atoms with Gasteiger partial charge in [-0.2, -0.15) is 0 Å². The first-order chi connectivity index (χ1) is 8.08. The molecule has 0 bridgehead atoms. The lowest BCUT2D eigenvalue weighted by atomic mass is 9.94. The predicted octanol–water partition coefficient (Wildman–Crippen LogP) is 2.77.